The minimum Gasteiger partial charge on any atom is -0.464 e. The molecule has 1 unspecified atom stereocenters. The van der Waals surface area contributed by atoms with Crippen LogP contribution in [-0.4, -0.2) is 82.5 Å². The fraction of sp³-hybridized carbons (Fsp3) is 0.611. The van der Waals surface area contributed by atoms with Crippen molar-refractivity contribution >= 4 is 23.3 Å². The molecule has 0 spiro atoms. The van der Waals surface area contributed by atoms with Gasteiger partial charge < -0.3 is 19.9 Å². The first-order valence-electron chi connectivity index (χ1n) is 9.58. The van der Waals surface area contributed by atoms with Gasteiger partial charge in [-0.15, -0.1) is 15.3 Å². The van der Waals surface area contributed by atoms with Crippen molar-refractivity contribution in [3.63, 3.8) is 0 Å². The number of carbonyl (C=O) groups is 2. The van der Waals surface area contributed by atoms with Gasteiger partial charge in [-0.25, -0.2) is 4.79 Å². The molecule has 10 heteroatoms. The first kappa shape index (κ1) is 20.0. The van der Waals surface area contributed by atoms with Crippen LogP contribution in [-0.2, 0) is 20.7 Å². The molecule has 3 heterocycles. The molecule has 1 atom stereocenters. The van der Waals surface area contributed by atoms with Crippen molar-refractivity contribution in [2.75, 3.05) is 44.7 Å². The zero-order valence-electron chi connectivity index (χ0n) is 16.6. The van der Waals surface area contributed by atoms with Gasteiger partial charge in [0, 0.05) is 39.0 Å². The fourth-order valence-corrected chi connectivity index (χ4v) is 3.05. The van der Waals surface area contributed by atoms with Crippen molar-refractivity contribution in [1.82, 2.24) is 30.0 Å². The Balaban J connectivity index is 1.62. The first-order chi connectivity index (χ1) is 13.5. The third-order valence-corrected chi connectivity index (χ3v) is 4.73. The summed E-state index contributed by atoms with van der Waals surface area (Å²) in [4.78, 5) is 28.3. The Morgan fingerprint density at radius 2 is 1.96 bits per heavy atom. The van der Waals surface area contributed by atoms with E-state index in [0.717, 1.165) is 32.0 Å². The second-order valence-corrected chi connectivity index (χ2v) is 6.91. The summed E-state index contributed by atoms with van der Waals surface area (Å²) in [5, 5.41) is 15.6. The summed E-state index contributed by atoms with van der Waals surface area (Å²) in [6, 6.07) is 3.16. The van der Waals surface area contributed by atoms with Crippen LogP contribution in [0.25, 0.3) is 5.65 Å². The largest absolute Gasteiger partial charge is 0.464 e. The van der Waals surface area contributed by atoms with E-state index in [1.807, 2.05) is 12.1 Å². The zero-order valence-corrected chi connectivity index (χ0v) is 16.6. The summed E-state index contributed by atoms with van der Waals surface area (Å²) >= 11 is 0. The monoisotopic (exact) mass is 389 g/mol. The fourth-order valence-electron chi connectivity index (χ4n) is 3.05. The van der Waals surface area contributed by atoms with Crippen molar-refractivity contribution in [2.24, 2.45) is 0 Å². The number of anilines is 1. The van der Waals surface area contributed by atoms with Gasteiger partial charge in [0.25, 0.3) is 0 Å². The van der Waals surface area contributed by atoms with Gasteiger partial charge in [0.2, 0.25) is 5.91 Å². The lowest BCUT2D eigenvalue weighted by Gasteiger charge is -2.33. The summed E-state index contributed by atoms with van der Waals surface area (Å²) in [5.74, 6) is 0.807. The highest BCUT2D eigenvalue weighted by Gasteiger charge is 2.19. The number of likely N-dealkylation sites (N-methyl/N-ethyl adjacent to an activating group) is 1. The smallest absolute Gasteiger partial charge is 0.328 e. The van der Waals surface area contributed by atoms with Crippen LogP contribution in [0, 0.1) is 0 Å². The highest BCUT2D eigenvalue weighted by molar-refractivity contribution is 5.84. The lowest BCUT2D eigenvalue weighted by Crippen LogP contribution is -2.45. The van der Waals surface area contributed by atoms with Gasteiger partial charge in [-0.2, -0.15) is 4.52 Å². The third-order valence-electron chi connectivity index (χ3n) is 4.73. The van der Waals surface area contributed by atoms with Crippen molar-refractivity contribution in [1.29, 1.82) is 0 Å². The molecular formula is C18H27N7O3. The maximum atomic E-state index is 12.1. The van der Waals surface area contributed by atoms with E-state index in [9.17, 15) is 9.59 Å². The number of aromatic nitrogens is 4. The van der Waals surface area contributed by atoms with Gasteiger partial charge in [0.1, 0.15) is 11.9 Å². The molecule has 3 rings (SSSR count). The lowest BCUT2D eigenvalue weighted by atomic mass is 10.2. The summed E-state index contributed by atoms with van der Waals surface area (Å²) in [7, 11) is 2.11. The number of nitrogens with zero attached hydrogens (tertiary/aromatic N) is 6. The van der Waals surface area contributed by atoms with E-state index in [0.29, 0.717) is 17.9 Å². The van der Waals surface area contributed by atoms with Crippen LogP contribution in [0.15, 0.2) is 12.1 Å². The van der Waals surface area contributed by atoms with E-state index in [2.05, 4.69) is 37.5 Å². The summed E-state index contributed by atoms with van der Waals surface area (Å²) in [5.41, 5.74) is 0.646. The molecule has 0 radical (unpaired) electrons. The van der Waals surface area contributed by atoms with Crippen molar-refractivity contribution in [3.8, 4) is 0 Å². The number of hydrogen-bond acceptors (Lipinski definition) is 8. The predicted molar refractivity (Wildman–Crippen MR) is 103 cm³/mol. The molecular weight excluding hydrogens is 362 g/mol. The van der Waals surface area contributed by atoms with Gasteiger partial charge in [-0.3, -0.25) is 4.79 Å². The lowest BCUT2D eigenvalue weighted by molar-refractivity contribution is -0.146. The number of fused-ring (bicyclic) bond motifs is 1. The summed E-state index contributed by atoms with van der Waals surface area (Å²) in [6.45, 7) is 7.44. The number of amides is 1. The number of hydrogen-bond donors (Lipinski definition) is 1. The Labute approximate surface area is 163 Å². The number of esters is 1. The Morgan fingerprint density at radius 3 is 2.68 bits per heavy atom. The molecule has 2 aromatic heterocycles. The van der Waals surface area contributed by atoms with E-state index >= 15 is 0 Å². The van der Waals surface area contributed by atoms with Crippen molar-refractivity contribution in [2.45, 2.75) is 32.7 Å². The molecule has 28 heavy (non-hydrogen) atoms. The molecule has 1 amide bonds. The molecule has 1 fully saturated rings. The average Bonchev–Trinajstić information content (AvgIpc) is 3.09. The molecule has 1 aliphatic heterocycles. The number of aryl methyl sites for hydroxylation is 1. The van der Waals surface area contributed by atoms with E-state index in [4.69, 9.17) is 4.74 Å². The molecule has 0 aliphatic carbocycles. The zero-order chi connectivity index (χ0) is 20.1. The topological polar surface area (TPSA) is 105 Å². The van der Waals surface area contributed by atoms with Crippen LogP contribution in [0.3, 0.4) is 0 Å². The van der Waals surface area contributed by atoms with Gasteiger partial charge in [0.05, 0.1) is 6.61 Å². The maximum Gasteiger partial charge on any atom is 0.328 e. The van der Waals surface area contributed by atoms with E-state index in [1.54, 1.807) is 18.4 Å². The number of piperazine rings is 1. The number of rotatable bonds is 7. The van der Waals surface area contributed by atoms with Gasteiger partial charge in [-0.05, 0) is 33.0 Å². The molecule has 2 aromatic rings. The van der Waals surface area contributed by atoms with E-state index in [1.165, 1.54) is 0 Å². The summed E-state index contributed by atoms with van der Waals surface area (Å²) in [6.07, 6.45) is 0.562. The first-order valence-corrected chi connectivity index (χ1v) is 9.58. The Morgan fingerprint density at radius 1 is 1.21 bits per heavy atom. The van der Waals surface area contributed by atoms with E-state index in [-0.39, 0.29) is 18.9 Å². The van der Waals surface area contributed by atoms with Crippen LogP contribution in [0.5, 0.6) is 0 Å². The minimum absolute atomic E-state index is 0.185. The van der Waals surface area contributed by atoms with Crippen LogP contribution in [0.2, 0.25) is 0 Å². The highest BCUT2D eigenvalue weighted by atomic mass is 16.5. The van der Waals surface area contributed by atoms with Crippen molar-refractivity contribution in [3.05, 3.63) is 18.0 Å². The van der Waals surface area contributed by atoms with Crippen LogP contribution < -0.4 is 10.2 Å². The molecule has 1 aliphatic rings. The SMILES string of the molecule is CCOC(=O)C(C)NC(=O)CCc1nnc2ccc(N3CCN(C)CC3)nn12. The third kappa shape index (κ3) is 4.75. The van der Waals surface area contributed by atoms with Gasteiger partial charge in [-0.1, -0.05) is 0 Å². The predicted octanol–water partition coefficient (Wildman–Crippen LogP) is -0.123. The standard InChI is InChI=1S/C18H27N7O3/c1-4-28-18(27)13(2)19-17(26)8-7-15-21-20-14-5-6-16(22-25(14)15)24-11-9-23(3)10-12-24/h5-6,13H,4,7-12H2,1-3H3,(H,19,26). The van der Waals surface area contributed by atoms with Gasteiger partial charge in [0.15, 0.2) is 11.5 Å². The van der Waals surface area contributed by atoms with E-state index < -0.39 is 12.0 Å². The quantitative estimate of drug-likeness (QED) is 0.654. The molecule has 10 nitrogen and oxygen atoms in total. The Kier molecular flexibility index (Phi) is 6.40. The molecule has 152 valence electrons. The molecule has 0 saturated carbocycles. The summed E-state index contributed by atoms with van der Waals surface area (Å²) < 4.78 is 6.58. The molecule has 1 N–H and O–H groups in total. The molecule has 1 saturated heterocycles. The number of nitrogens with one attached hydrogen (secondary N) is 1. The van der Waals surface area contributed by atoms with Crippen molar-refractivity contribution < 1.29 is 14.3 Å². The highest BCUT2D eigenvalue weighted by Crippen LogP contribution is 2.15. The second-order valence-electron chi connectivity index (χ2n) is 6.91. The second kappa shape index (κ2) is 8.96. The Hall–Kier alpha value is -2.75. The number of carbonyl (C=O) groups excluding carboxylic acids is 2. The van der Waals surface area contributed by atoms with Crippen LogP contribution in [0.1, 0.15) is 26.1 Å². The minimum atomic E-state index is -0.676. The molecule has 0 aromatic carbocycles. The average molecular weight is 389 g/mol. The van der Waals surface area contributed by atoms with Gasteiger partial charge >= 0.3 is 5.97 Å². The maximum absolute atomic E-state index is 12.1. The Bertz CT molecular complexity index is 830. The normalized spacial score (nSPS) is 16.2. The van der Waals surface area contributed by atoms with Crippen LogP contribution in [0.4, 0.5) is 5.82 Å². The number of ether oxygens (including phenoxy) is 1. The van der Waals surface area contributed by atoms with Crippen LogP contribution >= 0.6 is 0 Å². The molecule has 0 bridgehead atoms.